The van der Waals surface area contributed by atoms with Crippen molar-refractivity contribution in [3.63, 3.8) is 0 Å². The van der Waals surface area contributed by atoms with Gasteiger partial charge in [0.25, 0.3) is 0 Å². The van der Waals surface area contributed by atoms with Gasteiger partial charge in [-0.1, -0.05) is 36.8 Å². The van der Waals surface area contributed by atoms with Crippen LogP contribution in [0.4, 0.5) is 4.79 Å². The molecule has 0 heterocycles. The molecule has 1 aliphatic carbocycles. The summed E-state index contributed by atoms with van der Waals surface area (Å²) in [5.74, 6) is -1.17. The van der Waals surface area contributed by atoms with E-state index >= 15 is 0 Å². The highest BCUT2D eigenvalue weighted by Crippen LogP contribution is 2.33. The van der Waals surface area contributed by atoms with Crippen molar-refractivity contribution >= 4 is 12.1 Å². The summed E-state index contributed by atoms with van der Waals surface area (Å²) in [6, 6.07) is 9.35. The molecule has 0 aromatic heterocycles. The Labute approximate surface area is 117 Å². The van der Waals surface area contributed by atoms with E-state index in [0.29, 0.717) is 0 Å². The first-order chi connectivity index (χ1) is 9.66. The quantitative estimate of drug-likeness (QED) is 0.837. The highest BCUT2D eigenvalue weighted by molar-refractivity contribution is 5.73. The van der Waals surface area contributed by atoms with Crippen LogP contribution < -0.4 is 5.32 Å². The minimum atomic E-state index is -0.849. The number of carboxylic acids is 1. The minimum Gasteiger partial charge on any atom is -0.481 e. The summed E-state index contributed by atoms with van der Waals surface area (Å²) in [6.07, 6.45) is 2.36. The lowest BCUT2D eigenvalue weighted by Crippen LogP contribution is -2.39. The van der Waals surface area contributed by atoms with E-state index in [1.807, 2.05) is 30.3 Å². The number of hydrogen-bond donors (Lipinski definition) is 2. The Kier molecular flexibility index (Phi) is 4.98. The van der Waals surface area contributed by atoms with Crippen LogP contribution in [0.5, 0.6) is 0 Å². The third kappa shape index (κ3) is 3.98. The summed E-state index contributed by atoms with van der Waals surface area (Å²) < 4.78 is 5.05. The van der Waals surface area contributed by atoms with Gasteiger partial charge in [0.2, 0.25) is 0 Å². The van der Waals surface area contributed by atoms with E-state index in [2.05, 4.69) is 5.32 Å². The maximum absolute atomic E-state index is 11.5. The number of benzene rings is 1. The number of aliphatic carboxylic acids is 1. The summed E-state index contributed by atoms with van der Waals surface area (Å²) in [4.78, 5) is 22.7. The smallest absolute Gasteiger partial charge is 0.407 e. The van der Waals surface area contributed by atoms with Gasteiger partial charge in [0.05, 0.1) is 5.92 Å². The third-order valence-corrected chi connectivity index (χ3v) is 3.72. The van der Waals surface area contributed by atoms with Gasteiger partial charge < -0.3 is 15.2 Å². The van der Waals surface area contributed by atoms with Crippen LogP contribution in [0.15, 0.2) is 30.3 Å². The first-order valence-corrected chi connectivity index (χ1v) is 6.84. The molecule has 1 amide bonds. The lowest BCUT2D eigenvalue weighted by Gasteiger charge is -2.31. The average molecular weight is 277 g/mol. The van der Waals surface area contributed by atoms with Crippen molar-refractivity contribution in [3.05, 3.63) is 35.9 Å². The Balaban J connectivity index is 1.72. The first kappa shape index (κ1) is 14.4. The Hall–Kier alpha value is -2.04. The zero-order chi connectivity index (χ0) is 14.4. The van der Waals surface area contributed by atoms with Crippen molar-refractivity contribution in [1.82, 2.24) is 5.32 Å². The molecule has 2 rings (SSSR count). The molecule has 5 heteroatoms. The average Bonchev–Trinajstić information content (AvgIpc) is 2.39. The van der Waals surface area contributed by atoms with E-state index in [0.717, 1.165) is 24.8 Å². The van der Waals surface area contributed by atoms with E-state index in [-0.39, 0.29) is 19.1 Å². The van der Waals surface area contributed by atoms with E-state index in [9.17, 15) is 9.59 Å². The zero-order valence-corrected chi connectivity index (χ0v) is 11.2. The third-order valence-electron chi connectivity index (χ3n) is 3.72. The second-order valence-corrected chi connectivity index (χ2v) is 5.08. The molecule has 5 nitrogen and oxygen atoms in total. The zero-order valence-electron chi connectivity index (χ0n) is 11.2. The SMILES string of the molecule is O=C(NCC(C(=O)O)C1CCC1)OCc1ccccc1. The van der Waals surface area contributed by atoms with E-state index in [1.54, 1.807) is 0 Å². The second-order valence-electron chi connectivity index (χ2n) is 5.08. The molecule has 108 valence electrons. The van der Waals surface area contributed by atoms with Crippen molar-refractivity contribution in [3.8, 4) is 0 Å². The molecule has 0 radical (unpaired) electrons. The van der Waals surface area contributed by atoms with Gasteiger partial charge in [0.15, 0.2) is 0 Å². The Bertz CT molecular complexity index is 456. The summed E-state index contributed by atoms with van der Waals surface area (Å²) in [6.45, 7) is 0.321. The molecule has 1 aromatic carbocycles. The molecular weight excluding hydrogens is 258 g/mol. The van der Waals surface area contributed by atoms with Crippen LogP contribution in [0.3, 0.4) is 0 Å². The van der Waals surface area contributed by atoms with Crippen molar-refractivity contribution in [2.75, 3.05) is 6.54 Å². The van der Waals surface area contributed by atoms with Crippen LogP contribution in [-0.4, -0.2) is 23.7 Å². The molecule has 1 fully saturated rings. The number of amides is 1. The Morgan fingerprint density at radius 3 is 2.55 bits per heavy atom. The molecule has 1 aromatic rings. The Morgan fingerprint density at radius 1 is 1.30 bits per heavy atom. The first-order valence-electron chi connectivity index (χ1n) is 6.84. The van der Waals surface area contributed by atoms with Crippen molar-refractivity contribution in [1.29, 1.82) is 0 Å². The summed E-state index contributed by atoms with van der Waals surface area (Å²) in [5.41, 5.74) is 0.899. The number of ether oxygens (including phenoxy) is 1. The molecule has 0 saturated heterocycles. The van der Waals surface area contributed by atoms with Crippen LogP contribution >= 0.6 is 0 Å². The van der Waals surface area contributed by atoms with Gasteiger partial charge in [-0.2, -0.15) is 0 Å². The van der Waals surface area contributed by atoms with E-state index in [4.69, 9.17) is 9.84 Å². The van der Waals surface area contributed by atoms with Gasteiger partial charge in [0, 0.05) is 6.54 Å². The van der Waals surface area contributed by atoms with Crippen LogP contribution in [0.25, 0.3) is 0 Å². The number of carboxylic acid groups (broad SMARTS) is 1. The molecule has 0 aliphatic heterocycles. The van der Waals surface area contributed by atoms with Gasteiger partial charge >= 0.3 is 12.1 Å². The summed E-state index contributed by atoms with van der Waals surface area (Å²) >= 11 is 0. The van der Waals surface area contributed by atoms with Crippen LogP contribution in [0.1, 0.15) is 24.8 Å². The number of carbonyl (C=O) groups is 2. The molecule has 1 aliphatic rings. The predicted molar refractivity (Wildman–Crippen MR) is 73.1 cm³/mol. The summed E-state index contributed by atoms with van der Waals surface area (Å²) in [5, 5.41) is 11.7. The second kappa shape index (κ2) is 6.93. The number of rotatable bonds is 6. The molecule has 2 N–H and O–H groups in total. The number of carbonyl (C=O) groups excluding carboxylic acids is 1. The normalized spacial score (nSPS) is 16.0. The highest BCUT2D eigenvalue weighted by atomic mass is 16.5. The summed E-state index contributed by atoms with van der Waals surface area (Å²) in [7, 11) is 0. The molecule has 1 atom stereocenters. The van der Waals surface area contributed by atoms with Gasteiger partial charge in [-0.05, 0) is 24.3 Å². The fourth-order valence-electron chi connectivity index (χ4n) is 2.27. The predicted octanol–water partition coefficient (Wildman–Crippen LogP) is 2.41. The number of hydrogen-bond acceptors (Lipinski definition) is 3. The fourth-order valence-corrected chi connectivity index (χ4v) is 2.27. The van der Waals surface area contributed by atoms with Gasteiger partial charge in [-0.3, -0.25) is 4.79 Å². The Morgan fingerprint density at radius 2 is 2.00 bits per heavy atom. The molecular formula is C15H19NO4. The standard InChI is InChI=1S/C15H19NO4/c17-14(18)13(12-7-4-8-12)9-16-15(19)20-10-11-5-2-1-3-6-11/h1-3,5-6,12-13H,4,7-10H2,(H,16,19)(H,17,18). The number of alkyl carbamates (subject to hydrolysis) is 1. The number of nitrogens with one attached hydrogen (secondary N) is 1. The topological polar surface area (TPSA) is 75.6 Å². The molecule has 0 bridgehead atoms. The van der Waals surface area contributed by atoms with E-state index < -0.39 is 18.0 Å². The molecule has 1 unspecified atom stereocenters. The highest BCUT2D eigenvalue weighted by Gasteiger charge is 2.32. The lowest BCUT2D eigenvalue weighted by molar-refractivity contribution is -0.144. The van der Waals surface area contributed by atoms with E-state index in [1.165, 1.54) is 0 Å². The van der Waals surface area contributed by atoms with Gasteiger partial charge in [-0.25, -0.2) is 4.79 Å². The molecule has 0 spiro atoms. The van der Waals surface area contributed by atoms with Crippen molar-refractivity contribution in [2.45, 2.75) is 25.9 Å². The maximum Gasteiger partial charge on any atom is 0.407 e. The maximum atomic E-state index is 11.5. The van der Waals surface area contributed by atoms with Crippen molar-refractivity contribution in [2.24, 2.45) is 11.8 Å². The van der Waals surface area contributed by atoms with Crippen LogP contribution in [0, 0.1) is 11.8 Å². The van der Waals surface area contributed by atoms with Crippen LogP contribution in [-0.2, 0) is 16.1 Å². The van der Waals surface area contributed by atoms with Gasteiger partial charge in [-0.15, -0.1) is 0 Å². The largest absolute Gasteiger partial charge is 0.481 e. The molecule has 1 saturated carbocycles. The fraction of sp³-hybridized carbons (Fsp3) is 0.467. The monoisotopic (exact) mass is 277 g/mol. The molecule has 20 heavy (non-hydrogen) atoms. The van der Waals surface area contributed by atoms with Crippen LogP contribution in [0.2, 0.25) is 0 Å². The van der Waals surface area contributed by atoms with Gasteiger partial charge in [0.1, 0.15) is 6.61 Å². The minimum absolute atomic E-state index is 0.133. The van der Waals surface area contributed by atoms with Crippen molar-refractivity contribution < 1.29 is 19.4 Å². The lowest BCUT2D eigenvalue weighted by atomic mass is 9.76.